The van der Waals surface area contributed by atoms with Gasteiger partial charge in [0.05, 0.1) is 14.2 Å². The first-order valence-corrected chi connectivity index (χ1v) is 14.2. The highest BCUT2D eigenvalue weighted by atomic mass is 16.6. The molecule has 6 aliphatic rings. The summed E-state index contributed by atoms with van der Waals surface area (Å²) in [6.45, 7) is 1.61. The van der Waals surface area contributed by atoms with Crippen molar-refractivity contribution < 1.29 is 23.7 Å². The highest BCUT2D eigenvalue weighted by molar-refractivity contribution is 5.92. The third kappa shape index (κ3) is 3.09. The zero-order valence-corrected chi connectivity index (χ0v) is 23.3. The summed E-state index contributed by atoms with van der Waals surface area (Å²) in [6, 6.07) is 12.5. The Kier molecular flexibility index (Phi) is 5.59. The number of likely N-dealkylation sites (tertiary alicyclic amines) is 1. The summed E-state index contributed by atoms with van der Waals surface area (Å²) < 4.78 is 24.8. The van der Waals surface area contributed by atoms with E-state index in [1.165, 1.54) is 11.1 Å². The maximum absolute atomic E-state index is 13.0. The van der Waals surface area contributed by atoms with Crippen LogP contribution in [0.4, 0.5) is 0 Å². The Morgan fingerprint density at radius 2 is 1.92 bits per heavy atom. The topological polar surface area (TPSA) is 69.3 Å². The number of benzene rings is 2. The lowest BCUT2D eigenvalue weighted by atomic mass is 9.35. The van der Waals surface area contributed by atoms with Crippen molar-refractivity contribution in [2.24, 2.45) is 11.3 Å². The lowest BCUT2D eigenvalue weighted by Crippen LogP contribution is -2.81. The van der Waals surface area contributed by atoms with Gasteiger partial charge in [0, 0.05) is 53.6 Å². The van der Waals surface area contributed by atoms with Crippen LogP contribution in [0.5, 0.6) is 17.2 Å². The quantitative estimate of drug-likeness (QED) is 0.547. The van der Waals surface area contributed by atoms with Gasteiger partial charge < -0.3 is 29.2 Å². The minimum absolute atomic E-state index is 0.0815. The van der Waals surface area contributed by atoms with Gasteiger partial charge in [0.25, 0.3) is 0 Å². The summed E-state index contributed by atoms with van der Waals surface area (Å²) in [5, 5.41) is 3.22. The average molecular weight is 531 g/mol. The molecule has 7 nitrogen and oxygen atoms in total. The molecule has 4 bridgehead atoms. The Morgan fingerprint density at radius 3 is 2.72 bits per heavy atom. The number of nitrogens with one attached hydrogen (secondary N) is 1. The molecule has 3 saturated carbocycles. The number of hydrogen-bond acceptors (Lipinski definition) is 6. The normalized spacial score (nSPS) is 35.4. The Balaban J connectivity index is 1.23. The third-order valence-corrected chi connectivity index (χ3v) is 11.1. The lowest BCUT2D eigenvalue weighted by molar-refractivity contribution is -0.274. The summed E-state index contributed by atoms with van der Waals surface area (Å²) in [5.41, 5.74) is 3.19. The Bertz CT molecular complexity index is 1360. The molecule has 39 heavy (non-hydrogen) atoms. The van der Waals surface area contributed by atoms with Crippen molar-refractivity contribution in [2.75, 3.05) is 41.5 Å². The number of nitrogens with zero attached hydrogens (tertiary/aromatic N) is 1. The molecule has 2 aromatic rings. The molecule has 6 atom stereocenters. The molecule has 1 N–H and O–H groups in total. The fourth-order valence-electron chi connectivity index (χ4n) is 9.47. The molecule has 0 radical (unpaired) electrons. The van der Waals surface area contributed by atoms with Crippen molar-refractivity contribution in [3.05, 3.63) is 59.2 Å². The molecule has 206 valence electrons. The van der Waals surface area contributed by atoms with E-state index in [0.717, 1.165) is 61.5 Å². The van der Waals surface area contributed by atoms with Gasteiger partial charge in [-0.1, -0.05) is 24.3 Å². The van der Waals surface area contributed by atoms with Crippen molar-refractivity contribution in [1.29, 1.82) is 0 Å². The second-order valence-electron chi connectivity index (χ2n) is 12.1. The van der Waals surface area contributed by atoms with Crippen molar-refractivity contribution in [1.82, 2.24) is 10.2 Å². The van der Waals surface area contributed by atoms with Gasteiger partial charge in [0.2, 0.25) is 5.91 Å². The van der Waals surface area contributed by atoms with E-state index >= 15 is 0 Å². The van der Waals surface area contributed by atoms with Crippen molar-refractivity contribution >= 4 is 12.0 Å². The van der Waals surface area contributed by atoms with Gasteiger partial charge in [-0.25, -0.2) is 0 Å². The summed E-state index contributed by atoms with van der Waals surface area (Å²) in [5.74, 6) is 2.53. The molecule has 2 heterocycles. The molecule has 2 spiro atoms. The maximum atomic E-state index is 13.0. The van der Waals surface area contributed by atoms with Gasteiger partial charge in [0.15, 0.2) is 11.5 Å². The van der Waals surface area contributed by atoms with Gasteiger partial charge >= 0.3 is 0 Å². The first-order valence-electron chi connectivity index (χ1n) is 14.2. The maximum Gasteiger partial charge on any atom is 0.244 e. The first kappa shape index (κ1) is 25.0. The summed E-state index contributed by atoms with van der Waals surface area (Å²) in [7, 11) is 7.50. The van der Waals surface area contributed by atoms with E-state index in [4.69, 9.17) is 18.9 Å². The molecule has 6 unspecified atom stereocenters. The molecule has 2 aliphatic heterocycles. The SMILES string of the molecule is COc1ccccc1C=CC(=O)NCC1CC23CCC1(OC)C1Oc4c(OC)ccc5c4C12CCN(C)C3C5. The van der Waals surface area contributed by atoms with Gasteiger partial charge in [-0.3, -0.25) is 4.79 Å². The summed E-state index contributed by atoms with van der Waals surface area (Å²) >= 11 is 0. The first-order chi connectivity index (χ1) is 18.9. The van der Waals surface area contributed by atoms with E-state index in [9.17, 15) is 4.79 Å². The van der Waals surface area contributed by atoms with Crippen LogP contribution in [0.1, 0.15) is 42.4 Å². The molecule has 7 heteroatoms. The second kappa shape index (κ2) is 8.73. The minimum atomic E-state index is -0.472. The number of likely N-dealkylation sites (N-methyl/N-ethyl adjacent to an activating group) is 1. The lowest BCUT2D eigenvalue weighted by Gasteiger charge is -2.73. The number of carbonyl (C=O) groups is 1. The van der Waals surface area contributed by atoms with Crippen LogP contribution in [-0.4, -0.2) is 70.0 Å². The Hall–Kier alpha value is -3.03. The number of ether oxygens (including phenoxy) is 4. The molecule has 0 aromatic heterocycles. The summed E-state index contributed by atoms with van der Waals surface area (Å²) in [6.07, 6.45) is 8.47. The number of carbonyl (C=O) groups excluding carboxylic acids is 1. The molecule has 4 fully saturated rings. The van der Waals surface area contributed by atoms with Crippen LogP contribution in [0.2, 0.25) is 0 Å². The Morgan fingerprint density at radius 1 is 1.10 bits per heavy atom. The minimum Gasteiger partial charge on any atom is -0.496 e. The number of rotatable bonds is 7. The van der Waals surface area contributed by atoms with E-state index in [1.807, 2.05) is 37.5 Å². The standard InChI is InChI=1S/C32H38N2O5/c1-34-16-15-31-27-21-9-11-24(37-3)28(27)39-29(31)32(38-4)14-13-30(31,25(34)17-21)18-22(32)19-33-26(35)12-10-20-7-5-6-8-23(20)36-2/h5-12,22,25,29H,13-19H2,1-4H3,(H,33,35). The molecule has 1 amide bonds. The molecule has 4 aliphatic carbocycles. The number of hydrogen-bond donors (Lipinski definition) is 1. The fraction of sp³-hybridized carbons (Fsp3) is 0.531. The van der Waals surface area contributed by atoms with Crippen LogP contribution in [0.3, 0.4) is 0 Å². The number of methoxy groups -OCH3 is 3. The second-order valence-corrected chi connectivity index (χ2v) is 12.1. The van der Waals surface area contributed by atoms with Crippen molar-refractivity contribution in [2.45, 2.75) is 55.3 Å². The van der Waals surface area contributed by atoms with E-state index in [-0.39, 0.29) is 28.8 Å². The number of fused-ring (bicyclic) bond motifs is 2. The predicted molar refractivity (Wildman–Crippen MR) is 148 cm³/mol. The van der Waals surface area contributed by atoms with Crippen LogP contribution in [-0.2, 0) is 21.4 Å². The van der Waals surface area contributed by atoms with E-state index in [0.29, 0.717) is 12.6 Å². The Labute approximate surface area is 230 Å². The molecular formula is C32H38N2O5. The number of para-hydroxylation sites is 1. The van der Waals surface area contributed by atoms with Crippen LogP contribution in [0.15, 0.2) is 42.5 Å². The monoisotopic (exact) mass is 530 g/mol. The van der Waals surface area contributed by atoms with Crippen LogP contribution >= 0.6 is 0 Å². The largest absolute Gasteiger partial charge is 0.496 e. The highest BCUT2D eigenvalue weighted by Crippen LogP contribution is 2.76. The van der Waals surface area contributed by atoms with Crippen LogP contribution in [0, 0.1) is 11.3 Å². The summed E-state index contributed by atoms with van der Waals surface area (Å²) in [4.78, 5) is 15.6. The van der Waals surface area contributed by atoms with E-state index in [1.54, 1.807) is 20.3 Å². The number of amides is 1. The smallest absolute Gasteiger partial charge is 0.244 e. The van der Waals surface area contributed by atoms with Gasteiger partial charge in [-0.2, -0.15) is 0 Å². The van der Waals surface area contributed by atoms with Gasteiger partial charge in [-0.05, 0) is 69.5 Å². The van der Waals surface area contributed by atoms with Crippen molar-refractivity contribution in [3.8, 4) is 17.2 Å². The van der Waals surface area contributed by atoms with Crippen LogP contribution < -0.4 is 19.5 Å². The van der Waals surface area contributed by atoms with Gasteiger partial charge in [-0.15, -0.1) is 0 Å². The zero-order valence-electron chi connectivity index (χ0n) is 23.3. The molecule has 8 rings (SSSR count). The third-order valence-electron chi connectivity index (χ3n) is 11.1. The predicted octanol–water partition coefficient (Wildman–Crippen LogP) is 3.98. The zero-order chi connectivity index (χ0) is 27.0. The van der Waals surface area contributed by atoms with Crippen molar-refractivity contribution in [3.63, 3.8) is 0 Å². The van der Waals surface area contributed by atoms with E-state index in [2.05, 4.69) is 29.4 Å². The molecular weight excluding hydrogens is 492 g/mol. The average Bonchev–Trinajstić information content (AvgIpc) is 3.34. The molecule has 1 saturated heterocycles. The highest BCUT2D eigenvalue weighted by Gasteiger charge is 2.80. The number of piperidine rings is 1. The fourth-order valence-corrected chi connectivity index (χ4v) is 9.47. The van der Waals surface area contributed by atoms with Gasteiger partial charge in [0.1, 0.15) is 17.5 Å². The van der Waals surface area contributed by atoms with E-state index < -0.39 is 5.60 Å². The molecule has 2 aromatic carbocycles. The van der Waals surface area contributed by atoms with Crippen LogP contribution in [0.25, 0.3) is 6.08 Å².